The molecule has 9 heteroatoms. The molecule has 3 saturated heterocycles. The van der Waals surface area contributed by atoms with E-state index in [0.717, 1.165) is 76.9 Å². The van der Waals surface area contributed by atoms with Crippen LogP contribution in [0.4, 0.5) is 10.1 Å². The first-order valence-corrected chi connectivity index (χ1v) is 13.9. The molecule has 2 amide bonds. The van der Waals surface area contributed by atoms with Gasteiger partial charge in [0.05, 0.1) is 6.54 Å². The molecule has 3 heterocycles. The van der Waals surface area contributed by atoms with Crippen molar-refractivity contribution in [2.24, 2.45) is 5.92 Å². The quantitative estimate of drug-likeness (QED) is 0.602. The third-order valence-electron chi connectivity index (χ3n) is 8.49. The second-order valence-electron chi connectivity index (χ2n) is 10.9. The number of rotatable bonds is 7. The third-order valence-corrected chi connectivity index (χ3v) is 8.49. The Morgan fingerprint density at radius 1 is 1.08 bits per heavy atom. The first kappa shape index (κ1) is 26.1. The Hall–Kier alpha value is -2.52. The van der Waals surface area contributed by atoms with Crippen LogP contribution in [-0.2, 0) is 14.3 Å². The molecule has 202 valence electrons. The van der Waals surface area contributed by atoms with E-state index in [4.69, 9.17) is 4.74 Å². The average molecular weight is 515 g/mol. The lowest BCUT2D eigenvalue weighted by Crippen LogP contribution is -2.55. The molecule has 3 aliphatic heterocycles. The number of anilines is 1. The minimum absolute atomic E-state index is 0.0292. The number of carbonyl (C=O) groups is 3. The maximum Gasteiger partial charge on any atom is 0.251 e. The summed E-state index contributed by atoms with van der Waals surface area (Å²) in [6.07, 6.45) is 3.61. The number of hydrogen-bond acceptors (Lipinski definition) is 6. The van der Waals surface area contributed by atoms with E-state index in [1.54, 1.807) is 0 Å². The molecule has 5 rings (SSSR count). The average Bonchev–Trinajstić information content (AvgIpc) is 3.48. The van der Waals surface area contributed by atoms with Crippen molar-refractivity contribution in [2.45, 2.75) is 69.8 Å². The molecule has 1 saturated carbocycles. The van der Waals surface area contributed by atoms with Crippen LogP contribution in [0.2, 0.25) is 0 Å². The van der Waals surface area contributed by atoms with E-state index in [0.29, 0.717) is 5.56 Å². The molecule has 1 aromatic rings. The Balaban J connectivity index is 1.27. The molecule has 4 aliphatic rings. The van der Waals surface area contributed by atoms with Crippen LogP contribution in [0.3, 0.4) is 0 Å². The van der Waals surface area contributed by atoms with E-state index in [1.165, 1.54) is 4.90 Å². The third kappa shape index (κ3) is 5.53. The number of piperazine rings is 1. The van der Waals surface area contributed by atoms with E-state index in [-0.39, 0.29) is 36.7 Å². The first-order valence-electron chi connectivity index (χ1n) is 13.9. The smallest absolute Gasteiger partial charge is 0.251 e. The Morgan fingerprint density at radius 2 is 1.78 bits per heavy atom. The van der Waals surface area contributed by atoms with Gasteiger partial charge in [0.1, 0.15) is 31.0 Å². The number of likely N-dealkylation sites (tertiary alicyclic amines) is 1. The molecule has 37 heavy (non-hydrogen) atoms. The molecule has 1 aliphatic carbocycles. The predicted octanol–water partition coefficient (Wildman–Crippen LogP) is 2.41. The number of carbonyl (C=O) groups excluding carboxylic acids is 3. The SMILES string of the molecule is CCCN1CCN(c2ccc(C(=O)N[C@H](C(=O)N3C[C@H](F)[C@H]4OCC(=O)[C@H]43)C3CCCCC3)cc2)CC1. The highest BCUT2D eigenvalue weighted by molar-refractivity contribution is 5.99. The number of Topliss-reactive ketones (excluding diaryl/α,β-unsaturated/α-hetero) is 1. The molecule has 0 bridgehead atoms. The number of benzene rings is 1. The fourth-order valence-electron chi connectivity index (χ4n) is 6.45. The molecule has 0 spiro atoms. The van der Waals surface area contributed by atoms with Crippen LogP contribution in [-0.4, -0.2) is 97.6 Å². The molecule has 4 atom stereocenters. The van der Waals surface area contributed by atoms with Gasteiger partial charge in [0.2, 0.25) is 5.91 Å². The van der Waals surface area contributed by atoms with Gasteiger partial charge >= 0.3 is 0 Å². The summed E-state index contributed by atoms with van der Waals surface area (Å²) in [5.74, 6) is -0.975. The Morgan fingerprint density at radius 3 is 2.46 bits per heavy atom. The molecular formula is C28H39FN4O4. The van der Waals surface area contributed by atoms with Crippen molar-refractivity contribution in [1.29, 1.82) is 0 Å². The van der Waals surface area contributed by atoms with Gasteiger partial charge < -0.3 is 19.9 Å². The van der Waals surface area contributed by atoms with Gasteiger partial charge in [-0.3, -0.25) is 19.3 Å². The second-order valence-corrected chi connectivity index (χ2v) is 10.9. The number of alkyl halides is 1. The van der Waals surface area contributed by atoms with Crippen LogP contribution in [0.1, 0.15) is 55.8 Å². The summed E-state index contributed by atoms with van der Waals surface area (Å²) < 4.78 is 19.9. The lowest BCUT2D eigenvalue weighted by atomic mass is 9.83. The summed E-state index contributed by atoms with van der Waals surface area (Å²) in [5.41, 5.74) is 1.58. The van der Waals surface area contributed by atoms with Crippen molar-refractivity contribution < 1.29 is 23.5 Å². The highest BCUT2D eigenvalue weighted by atomic mass is 19.1. The number of nitrogens with zero attached hydrogens (tertiary/aromatic N) is 3. The maximum absolute atomic E-state index is 14.6. The van der Waals surface area contributed by atoms with Crippen molar-refractivity contribution >= 4 is 23.3 Å². The van der Waals surface area contributed by atoms with Crippen LogP contribution in [0, 0.1) is 5.92 Å². The van der Waals surface area contributed by atoms with Gasteiger partial charge in [-0.1, -0.05) is 26.2 Å². The summed E-state index contributed by atoms with van der Waals surface area (Å²) in [4.78, 5) is 45.5. The normalized spacial score (nSPS) is 27.8. The number of hydrogen-bond donors (Lipinski definition) is 1. The Bertz CT molecular complexity index is 975. The first-order chi connectivity index (χ1) is 18.0. The van der Waals surface area contributed by atoms with Gasteiger partial charge in [-0.25, -0.2) is 4.39 Å². The van der Waals surface area contributed by atoms with E-state index in [2.05, 4.69) is 22.0 Å². The van der Waals surface area contributed by atoms with Gasteiger partial charge in [-0.2, -0.15) is 0 Å². The van der Waals surface area contributed by atoms with Gasteiger partial charge in [0.15, 0.2) is 5.78 Å². The van der Waals surface area contributed by atoms with Crippen molar-refractivity contribution in [3.63, 3.8) is 0 Å². The molecule has 0 radical (unpaired) electrons. The number of nitrogens with one attached hydrogen (secondary N) is 1. The van der Waals surface area contributed by atoms with E-state index >= 15 is 0 Å². The second kappa shape index (κ2) is 11.5. The zero-order chi connectivity index (χ0) is 25.9. The van der Waals surface area contributed by atoms with Crippen molar-refractivity contribution in [3.8, 4) is 0 Å². The van der Waals surface area contributed by atoms with Gasteiger partial charge in [-0.05, 0) is 56.0 Å². The summed E-state index contributed by atoms with van der Waals surface area (Å²) in [6, 6.07) is 5.89. The molecule has 8 nitrogen and oxygen atoms in total. The Kier molecular flexibility index (Phi) is 8.09. The number of fused-ring (bicyclic) bond motifs is 1. The molecule has 0 unspecified atom stereocenters. The zero-order valence-corrected chi connectivity index (χ0v) is 21.7. The predicted molar refractivity (Wildman–Crippen MR) is 138 cm³/mol. The Labute approximate surface area is 218 Å². The van der Waals surface area contributed by atoms with E-state index < -0.39 is 24.4 Å². The lowest BCUT2D eigenvalue weighted by molar-refractivity contribution is -0.139. The standard InChI is InChI=1S/C28H39FN4O4/c1-2-12-31-13-15-32(16-14-31)21-10-8-20(9-11-21)27(35)30-24(19-6-4-3-5-7-19)28(36)33-17-22(29)26-25(33)23(34)18-37-26/h8-11,19,22,24-26H,2-7,12-18H2,1H3,(H,30,35)/t22-,24-,25+,26+/m0/s1. The summed E-state index contributed by atoms with van der Waals surface area (Å²) in [7, 11) is 0. The molecule has 1 aromatic carbocycles. The number of ketones is 1. The summed E-state index contributed by atoms with van der Waals surface area (Å²) in [6.45, 7) is 6.98. The van der Waals surface area contributed by atoms with Crippen LogP contribution in [0.25, 0.3) is 0 Å². The fourth-order valence-corrected chi connectivity index (χ4v) is 6.45. The van der Waals surface area contributed by atoms with Gasteiger partial charge in [0, 0.05) is 37.4 Å². The minimum Gasteiger partial charge on any atom is -0.369 e. The number of halogens is 1. The van der Waals surface area contributed by atoms with E-state index in [9.17, 15) is 18.8 Å². The van der Waals surface area contributed by atoms with Crippen molar-refractivity contribution in [1.82, 2.24) is 15.1 Å². The van der Waals surface area contributed by atoms with Gasteiger partial charge in [-0.15, -0.1) is 0 Å². The molecule has 1 N–H and O–H groups in total. The number of ether oxygens (including phenoxy) is 1. The minimum atomic E-state index is -1.39. The largest absolute Gasteiger partial charge is 0.369 e. The van der Waals surface area contributed by atoms with Crippen LogP contribution >= 0.6 is 0 Å². The topological polar surface area (TPSA) is 82.2 Å². The van der Waals surface area contributed by atoms with Crippen LogP contribution in [0.5, 0.6) is 0 Å². The monoisotopic (exact) mass is 514 g/mol. The summed E-state index contributed by atoms with van der Waals surface area (Å²) in [5, 5.41) is 2.98. The van der Waals surface area contributed by atoms with E-state index in [1.807, 2.05) is 24.3 Å². The number of amides is 2. The van der Waals surface area contributed by atoms with Crippen LogP contribution in [0.15, 0.2) is 24.3 Å². The highest BCUT2D eigenvalue weighted by Crippen LogP contribution is 2.33. The zero-order valence-electron chi connectivity index (χ0n) is 21.7. The highest BCUT2D eigenvalue weighted by Gasteiger charge is 2.54. The lowest BCUT2D eigenvalue weighted by Gasteiger charge is -2.36. The summed E-state index contributed by atoms with van der Waals surface area (Å²) >= 11 is 0. The fraction of sp³-hybridized carbons (Fsp3) is 0.679. The maximum atomic E-state index is 14.6. The van der Waals surface area contributed by atoms with Crippen molar-refractivity contribution in [3.05, 3.63) is 29.8 Å². The molecule has 4 fully saturated rings. The molecule has 0 aromatic heterocycles. The molecular weight excluding hydrogens is 475 g/mol. The van der Waals surface area contributed by atoms with Gasteiger partial charge in [0.25, 0.3) is 5.91 Å². The van der Waals surface area contributed by atoms with Crippen molar-refractivity contribution in [2.75, 3.05) is 50.8 Å². The van der Waals surface area contributed by atoms with Crippen LogP contribution < -0.4 is 10.2 Å².